The molecule has 0 amide bonds. The highest BCUT2D eigenvalue weighted by molar-refractivity contribution is 5.94. The van der Waals surface area contributed by atoms with Gasteiger partial charge in [-0.1, -0.05) is 202 Å². The minimum absolute atomic E-state index is 0.0833. The summed E-state index contributed by atoms with van der Waals surface area (Å²) in [6, 6.07) is 40.8. The van der Waals surface area contributed by atoms with Crippen molar-refractivity contribution in [2.24, 2.45) is 0 Å². The summed E-state index contributed by atoms with van der Waals surface area (Å²) in [5, 5.41) is 47.1. The van der Waals surface area contributed by atoms with Crippen LogP contribution in [0.1, 0.15) is 243 Å². The van der Waals surface area contributed by atoms with Gasteiger partial charge < -0.3 is 45.5 Å². The molecule has 0 aromatic heterocycles. The Labute approximate surface area is 532 Å². The van der Waals surface area contributed by atoms with Gasteiger partial charge in [0.05, 0.1) is 11.2 Å². The largest absolute Gasteiger partial charge is 0.507 e. The number of hydrogen-bond donors (Lipinski definition) is 6. The van der Waals surface area contributed by atoms with Gasteiger partial charge >= 0.3 is 11.9 Å². The number of hydrogen-bond acceptors (Lipinski definition) is 11. The van der Waals surface area contributed by atoms with Crippen LogP contribution in [-0.2, 0) is 76.3 Å². The number of esters is 2. The highest BCUT2D eigenvalue weighted by Gasteiger charge is 2.43. The van der Waals surface area contributed by atoms with Crippen LogP contribution < -0.4 is 16.0 Å². The van der Waals surface area contributed by atoms with Crippen molar-refractivity contribution in [2.75, 3.05) is 39.3 Å². The molecule has 9 rings (SSSR count). The second-order valence-electron chi connectivity index (χ2n) is 31.5. The molecule has 11 nitrogen and oxygen atoms in total. The smallest absolute Gasteiger partial charge is 0.342 e. The number of carbonyl (C=O) groups excluding carboxylic acids is 2. The predicted octanol–water partition coefficient (Wildman–Crippen LogP) is 15.5. The molecule has 3 aliphatic rings. The van der Waals surface area contributed by atoms with E-state index in [1.54, 1.807) is 0 Å². The van der Waals surface area contributed by atoms with E-state index in [-0.39, 0.29) is 39.3 Å². The number of piperidine rings is 3. The lowest BCUT2D eigenvalue weighted by atomic mass is 9.74. The zero-order chi connectivity index (χ0) is 64.8. The van der Waals surface area contributed by atoms with Crippen LogP contribution in [0, 0.1) is 0 Å². The quantitative estimate of drug-likeness (QED) is 0.0405. The van der Waals surface area contributed by atoms with E-state index in [9.17, 15) is 20.1 Å². The van der Waals surface area contributed by atoms with Crippen molar-refractivity contribution in [3.05, 3.63) is 199 Å². The molecule has 3 fully saturated rings. The van der Waals surface area contributed by atoms with Crippen LogP contribution >= 0.6 is 0 Å². The predicted molar refractivity (Wildman–Crippen MR) is 358 cm³/mol. The molecule has 0 radical (unpaired) electrons. The molecule has 0 spiro atoms. The first kappa shape index (κ1) is 67.1. The Morgan fingerprint density at radius 3 is 1.25 bits per heavy atom. The monoisotopic (exact) mass is 1210 g/mol. The second-order valence-corrected chi connectivity index (χ2v) is 31.5. The van der Waals surface area contributed by atoms with E-state index < -0.39 is 45.3 Å². The van der Waals surface area contributed by atoms with Crippen molar-refractivity contribution in [2.45, 2.75) is 218 Å². The van der Waals surface area contributed by atoms with E-state index in [1.807, 2.05) is 48.5 Å². The molecule has 3 heterocycles. The molecule has 0 aliphatic carbocycles. The first-order valence-electron chi connectivity index (χ1n) is 32.7. The van der Waals surface area contributed by atoms with Crippen molar-refractivity contribution in [1.82, 2.24) is 16.0 Å². The first-order chi connectivity index (χ1) is 41.5. The van der Waals surface area contributed by atoms with Crippen LogP contribution in [0.25, 0.3) is 0 Å². The normalized spacial score (nSPS) is 17.8. The topological polar surface area (TPSA) is 159 Å². The molecule has 6 aromatic carbocycles. The highest BCUT2D eigenvalue weighted by Crippen LogP contribution is 2.47. The van der Waals surface area contributed by atoms with Crippen LogP contribution in [0.15, 0.2) is 121 Å². The zero-order valence-corrected chi connectivity index (χ0v) is 56.4. The standard InChI is InChI=1S/C78H103N3O8/c1-70(2,3)58-42-53(43-59(46-58)71(4,5)6)67(84)87-77(32-38-80-39-33-77)56-26-22-52(23-27-56)50-75(15,16)64-48-60(72(7,8)9)47-61(65(64)82)69(86)89-78(34-40-81-41-35-78)57-28-24-51(25-29-57)49-74(13,14)63-45-54(44-62(66(63)83)73(10,11)12)68(85)88-76(30-36-79-37-31-76)55-20-18-17-19-21-55/h17-29,42-48,68,79-83,85H,30-41,49-50H2,1-16H3. The van der Waals surface area contributed by atoms with Crippen molar-refractivity contribution >= 4 is 11.9 Å². The summed E-state index contributed by atoms with van der Waals surface area (Å²) < 4.78 is 20.3. The molecule has 11 heteroatoms. The fourth-order valence-corrected chi connectivity index (χ4v) is 13.7. The average molecular weight is 1210 g/mol. The van der Waals surface area contributed by atoms with Crippen LogP contribution in [0.4, 0.5) is 0 Å². The summed E-state index contributed by atoms with van der Waals surface area (Å²) in [4.78, 5) is 29.4. The van der Waals surface area contributed by atoms with E-state index in [0.29, 0.717) is 81.1 Å². The van der Waals surface area contributed by atoms with Gasteiger partial charge in [0.15, 0.2) is 6.29 Å². The van der Waals surface area contributed by atoms with Crippen LogP contribution in [0.3, 0.4) is 0 Å². The molecule has 1 atom stereocenters. The van der Waals surface area contributed by atoms with Gasteiger partial charge in [-0.25, -0.2) is 9.59 Å². The Balaban J connectivity index is 0.957. The Kier molecular flexibility index (Phi) is 19.1. The summed E-state index contributed by atoms with van der Waals surface area (Å²) in [6.07, 6.45) is 3.67. The number of phenols is 2. The maximum atomic E-state index is 15.1. The summed E-state index contributed by atoms with van der Waals surface area (Å²) in [7, 11) is 0. The number of rotatable bonds is 16. The lowest BCUT2D eigenvalue weighted by molar-refractivity contribution is -0.204. The van der Waals surface area contributed by atoms with Gasteiger partial charge in [-0.3, -0.25) is 0 Å². The third-order valence-corrected chi connectivity index (χ3v) is 19.5. The number of phenolic OH excluding ortho intramolecular Hbond substituents is 2. The molecule has 3 aliphatic heterocycles. The lowest BCUT2D eigenvalue weighted by Gasteiger charge is -2.40. The average Bonchev–Trinajstić information content (AvgIpc) is 1.69. The third-order valence-electron chi connectivity index (χ3n) is 19.5. The van der Waals surface area contributed by atoms with Crippen molar-refractivity contribution in [3.8, 4) is 11.5 Å². The molecular formula is C78H103N3O8. The summed E-state index contributed by atoms with van der Waals surface area (Å²) >= 11 is 0. The molecule has 0 bridgehead atoms. The molecular weight excluding hydrogens is 1110 g/mol. The SMILES string of the molecule is CC(C)(C)c1cc(C(=O)OC2(c3ccc(CC(C)(C)c4cc(C(C)(C)C)cc(C(=O)OC5(c6ccc(CC(C)(C)c7cc(C(O)OC8(c9ccccc9)CCNCC8)cc(C(C)(C)C)c7O)cc6)CCNCC5)c4O)cc3)CCNCC2)cc(C(C)(C)C)c1. The number of ether oxygens (including phenoxy) is 3. The van der Waals surface area contributed by atoms with Gasteiger partial charge in [-0.2, -0.15) is 0 Å². The number of aliphatic hydroxyl groups is 1. The summed E-state index contributed by atoms with van der Waals surface area (Å²) in [6.45, 7) is 38.3. The van der Waals surface area contributed by atoms with Crippen molar-refractivity contribution in [1.29, 1.82) is 0 Å². The van der Waals surface area contributed by atoms with Crippen molar-refractivity contribution in [3.63, 3.8) is 0 Å². The summed E-state index contributed by atoms with van der Waals surface area (Å²) in [5.41, 5.74) is 6.68. The van der Waals surface area contributed by atoms with Gasteiger partial charge in [-0.15, -0.1) is 0 Å². The molecule has 3 saturated heterocycles. The van der Waals surface area contributed by atoms with E-state index in [2.05, 4.69) is 200 Å². The molecule has 89 heavy (non-hydrogen) atoms. The number of aliphatic hydroxyl groups excluding tert-OH is 1. The van der Waals surface area contributed by atoms with Crippen LogP contribution in [0.2, 0.25) is 0 Å². The molecule has 1 unspecified atom stereocenters. The van der Waals surface area contributed by atoms with Crippen LogP contribution in [-0.4, -0.2) is 66.5 Å². The van der Waals surface area contributed by atoms with Gasteiger partial charge in [0.25, 0.3) is 0 Å². The molecule has 0 saturated carbocycles. The van der Waals surface area contributed by atoms with Gasteiger partial charge in [0.2, 0.25) is 0 Å². The molecule has 6 N–H and O–H groups in total. The third kappa shape index (κ3) is 14.9. The molecule has 478 valence electrons. The first-order valence-corrected chi connectivity index (χ1v) is 32.7. The Morgan fingerprint density at radius 1 is 0.438 bits per heavy atom. The van der Waals surface area contributed by atoms with Crippen LogP contribution in [0.5, 0.6) is 11.5 Å². The van der Waals surface area contributed by atoms with E-state index in [0.717, 1.165) is 81.8 Å². The van der Waals surface area contributed by atoms with E-state index >= 15 is 4.79 Å². The second kappa shape index (κ2) is 25.4. The van der Waals surface area contributed by atoms with Crippen molar-refractivity contribution < 1.29 is 39.1 Å². The Hall–Kier alpha value is -6.34. The maximum Gasteiger partial charge on any atom is 0.342 e. The fourth-order valence-electron chi connectivity index (χ4n) is 13.7. The van der Waals surface area contributed by atoms with Gasteiger partial charge in [0.1, 0.15) is 28.3 Å². The van der Waals surface area contributed by atoms with Gasteiger partial charge in [0, 0.05) is 42.4 Å². The number of nitrogens with one attached hydrogen (secondary N) is 3. The number of aromatic hydroxyl groups is 2. The fraction of sp³-hybridized carbons (Fsp3) is 0.513. The highest BCUT2D eigenvalue weighted by atomic mass is 16.6. The van der Waals surface area contributed by atoms with E-state index in [1.165, 1.54) is 0 Å². The number of carbonyl (C=O) groups is 2. The molecule has 6 aromatic rings. The van der Waals surface area contributed by atoms with E-state index in [4.69, 9.17) is 14.2 Å². The Morgan fingerprint density at radius 2 is 0.820 bits per heavy atom. The maximum absolute atomic E-state index is 15.1. The Bertz CT molecular complexity index is 3430. The zero-order valence-electron chi connectivity index (χ0n) is 56.4. The lowest BCUT2D eigenvalue weighted by Crippen LogP contribution is -2.43. The minimum atomic E-state index is -1.24. The number of benzene rings is 6. The summed E-state index contributed by atoms with van der Waals surface area (Å²) in [5.74, 6) is -0.762. The minimum Gasteiger partial charge on any atom is -0.507 e. The van der Waals surface area contributed by atoms with Gasteiger partial charge in [-0.05, 0) is 178 Å².